The van der Waals surface area contributed by atoms with Crippen LogP contribution in [0.5, 0.6) is 5.75 Å². The van der Waals surface area contributed by atoms with Crippen LogP contribution >= 0.6 is 11.6 Å². The van der Waals surface area contributed by atoms with E-state index in [-0.39, 0.29) is 6.29 Å². The molecule has 0 spiro atoms. The lowest BCUT2D eigenvalue weighted by Gasteiger charge is -2.21. The maximum Gasteiger partial charge on any atom is 0.191 e. The second kappa shape index (κ2) is 8.53. The monoisotopic (exact) mass is 336 g/mol. The smallest absolute Gasteiger partial charge is 0.191 e. The molecule has 0 atom stereocenters. The zero-order valence-corrected chi connectivity index (χ0v) is 15.0. The Morgan fingerprint density at radius 1 is 1.00 bits per heavy atom. The van der Waals surface area contributed by atoms with Crippen LogP contribution in [0.15, 0.2) is 30.3 Å². The van der Waals surface area contributed by atoms with Crippen LogP contribution in [-0.4, -0.2) is 26.1 Å². The van der Waals surface area contributed by atoms with E-state index in [1.807, 2.05) is 38.1 Å². The van der Waals surface area contributed by atoms with E-state index < -0.39 is 0 Å². The molecule has 0 aromatic heterocycles. The zero-order chi connectivity index (χ0) is 16.8. The largest absolute Gasteiger partial charge is 0.488 e. The summed E-state index contributed by atoms with van der Waals surface area (Å²) in [4.78, 5) is 0. The lowest BCUT2D eigenvalue weighted by molar-refractivity contribution is -0.152. The minimum absolute atomic E-state index is 0.340. The van der Waals surface area contributed by atoms with Crippen molar-refractivity contribution >= 4 is 22.4 Å². The molecule has 0 amide bonds. The fourth-order valence-electron chi connectivity index (χ4n) is 2.70. The molecule has 0 saturated carbocycles. The van der Waals surface area contributed by atoms with Gasteiger partial charge in [-0.05, 0) is 48.7 Å². The van der Waals surface area contributed by atoms with E-state index >= 15 is 0 Å². The lowest BCUT2D eigenvalue weighted by atomic mass is 9.95. The average molecular weight is 337 g/mol. The Bertz CT molecular complexity index is 634. The number of ether oxygens (including phenoxy) is 3. The molecular weight excluding hydrogens is 312 g/mol. The molecule has 0 aliphatic rings. The first-order valence-electron chi connectivity index (χ1n) is 8.15. The van der Waals surface area contributed by atoms with E-state index in [9.17, 15) is 0 Å². The first-order valence-corrected chi connectivity index (χ1v) is 8.52. The van der Waals surface area contributed by atoms with Crippen molar-refractivity contribution in [3.05, 3.63) is 40.9 Å². The Morgan fingerprint density at radius 2 is 1.70 bits per heavy atom. The highest BCUT2D eigenvalue weighted by atomic mass is 35.5. The van der Waals surface area contributed by atoms with Crippen molar-refractivity contribution in [1.82, 2.24) is 0 Å². The van der Waals surface area contributed by atoms with Gasteiger partial charge in [0.25, 0.3) is 0 Å². The second-order valence-electron chi connectivity index (χ2n) is 5.65. The highest BCUT2D eigenvalue weighted by molar-refractivity contribution is 6.31. The number of benzene rings is 2. The van der Waals surface area contributed by atoms with E-state index in [2.05, 4.69) is 19.9 Å². The molecule has 23 heavy (non-hydrogen) atoms. The summed E-state index contributed by atoms with van der Waals surface area (Å²) in [6, 6.07) is 10.0. The van der Waals surface area contributed by atoms with E-state index in [4.69, 9.17) is 25.8 Å². The van der Waals surface area contributed by atoms with E-state index in [1.54, 1.807) is 0 Å². The summed E-state index contributed by atoms with van der Waals surface area (Å²) in [6.07, 6.45) is -0.342. The topological polar surface area (TPSA) is 27.7 Å². The molecule has 2 rings (SSSR count). The highest BCUT2D eigenvalue weighted by Gasteiger charge is 2.15. The van der Waals surface area contributed by atoms with Crippen LogP contribution in [0.1, 0.15) is 39.2 Å². The van der Waals surface area contributed by atoms with Crippen LogP contribution in [0.3, 0.4) is 0 Å². The van der Waals surface area contributed by atoms with Crippen LogP contribution in [0, 0.1) is 0 Å². The van der Waals surface area contributed by atoms with Crippen LogP contribution < -0.4 is 4.74 Å². The fraction of sp³-hybridized carbons (Fsp3) is 0.474. The molecule has 0 unspecified atom stereocenters. The van der Waals surface area contributed by atoms with Gasteiger partial charge in [-0.25, -0.2) is 0 Å². The molecule has 126 valence electrons. The minimum atomic E-state index is -0.342. The third kappa shape index (κ3) is 4.60. The molecule has 2 aromatic rings. The summed E-state index contributed by atoms with van der Waals surface area (Å²) in [5.41, 5.74) is 1.19. The van der Waals surface area contributed by atoms with Gasteiger partial charge in [-0.2, -0.15) is 0 Å². The molecule has 0 bridgehead atoms. The molecule has 2 aromatic carbocycles. The van der Waals surface area contributed by atoms with Gasteiger partial charge in [0, 0.05) is 23.8 Å². The van der Waals surface area contributed by atoms with E-state index in [0.717, 1.165) is 16.2 Å². The SMILES string of the molecule is CCOC(COc1ccc2cc(Cl)ccc2c1C(C)C)OCC. The van der Waals surface area contributed by atoms with Gasteiger partial charge >= 0.3 is 0 Å². The summed E-state index contributed by atoms with van der Waals surface area (Å²) >= 11 is 6.10. The van der Waals surface area contributed by atoms with Crippen molar-refractivity contribution < 1.29 is 14.2 Å². The standard InChI is InChI=1S/C19H25ClO3/c1-5-21-18(22-6-2)12-23-17-10-7-14-11-15(20)8-9-16(14)19(17)13(3)4/h7-11,13,18H,5-6,12H2,1-4H3. The molecule has 0 radical (unpaired) electrons. The summed E-state index contributed by atoms with van der Waals surface area (Å²) in [6.45, 7) is 9.80. The molecule has 3 nitrogen and oxygen atoms in total. The van der Waals surface area contributed by atoms with Gasteiger partial charge < -0.3 is 14.2 Å². The molecule has 4 heteroatoms. The predicted molar refractivity (Wildman–Crippen MR) is 95.6 cm³/mol. The Morgan fingerprint density at radius 3 is 2.30 bits per heavy atom. The van der Waals surface area contributed by atoms with E-state index in [1.165, 1.54) is 10.9 Å². The summed E-state index contributed by atoms with van der Waals surface area (Å²) in [5, 5.41) is 3.04. The maximum atomic E-state index is 6.10. The van der Waals surface area contributed by atoms with Gasteiger partial charge in [-0.15, -0.1) is 0 Å². The average Bonchev–Trinajstić information content (AvgIpc) is 2.52. The zero-order valence-electron chi connectivity index (χ0n) is 14.3. The molecule has 0 saturated heterocycles. The summed E-state index contributed by atoms with van der Waals surface area (Å²) in [7, 11) is 0. The Labute approximate surface area is 143 Å². The molecule has 0 aliphatic carbocycles. The predicted octanol–water partition coefficient (Wildman–Crippen LogP) is 5.39. The van der Waals surface area contributed by atoms with Crippen molar-refractivity contribution in [2.75, 3.05) is 19.8 Å². The quantitative estimate of drug-likeness (QED) is 0.604. The first-order chi connectivity index (χ1) is 11.1. The minimum Gasteiger partial charge on any atom is -0.488 e. The van der Waals surface area contributed by atoms with Crippen molar-refractivity contribution in [3.8, 4) is 5.75 Å². The molecular formula is C19H25ClO3. The Balaban J connectivity index is 2.29. The third-order valence-electron chi connectivity index (χ3n) is 3.64. The van der Waals surface area contributed by atoms with Crippen molar-refractivity contribution in [2.45, 2.75) is 39.9 Å². The Kier molecular flexibility index (Phi) is 6.70. The van der Waals surface area contributed by atoms with Crippen LogP contribution in [-0.2, 0) is 9.47 Å². The van der Waals surface area contributed by atoms with Crippen LogP contribution in [0.4, 0.5) is 0 Å². The van der Waals surface area contributed by atoms with Crippen LogP contribution in [0.25, 0.3) is 10.8 Å². The van der Waals surface area contributed by atoms with Crippen molar-refractivity contribution in [2.24, 2.45) is 0 Å². The number of hydrogen-bond donors (Lipinski definition) is 0. The van der Waals surface area contributed by atoms with E-state index in [0.29, 0.717) is 25.7 Å². The number of halogens is 1. The van der Waals surface area contributed by atoms with Gasteiger partial charge in [-0.3, -0.25) is 0 Å². The van der Waals surface area contributed by atoms with Crippen molar-refractivity contribution in [3.63, 3.8) is 0 Å². The second-order valence-corrected chi connectivity index (χ2v) is 6.09. The van der Waals surface area contributed by atoms with Gasteiger partial charge in [0.2, 0.25) is 0 Å². The van der Waals surface area contributed by atoms with Crippen molar-refractivity contribution in [1.29, 1.82) is 0 Å². The number of rotatable bonds is 8. The van der Waals surface area contributed by atoms with Gasteiger partial charge in [-0.1, -0.05) is 37.6 Å². The summed E-state index contributed by atoms with van der Waals surface area (Å²) in [5.74, 6) is 1.21. The molecule has 0 N–H and O–H groups in total. The fourth-order valence-corrected chi connectivity index (χ4v) is 2.88. The molecule has 0 heterocycles. The Hall–Kier alpha value is -1.29. The number of hydrogen-bond acceptors (Lipinski definition) is 3. The van der Waals surface area contributed by atoms with Gasteiger partial charge in [0.05, 0.1) is 0 Å². The maximum absolute atomic E-state index is 6.10. The first kappa shape index (κ1) is 18.1. The third-order valence-corrected chi connectivity index (χ3v) is 3.88. The van der Waals surface area contributed by atoms with Gasteiger partial charge in [0.15, 0.2) is 6.29 Å². The number of fused-ring (bicyclic) bond motifs is 1. The molecule has 0 aliphatic heterocycles. The summed E-state index contributed by atoms with van der Waals surface area (Å²) < 4.78 is 17.1. The molecule has 0 fully saturated rings. The van der Waals surface area contributed by atoms with Crippen LogP contribution in [0.2, 0.25) is 5.02 Å². The normalized spacial score (nSPS) is 11.6. The lowest BCUT2D eigenvalue weighted by Crippen LogP contribution is -2.25. The van der Waals surface area contributed by atoms with Gasteiger partial charge in [0.1, 0.15) is 12.4 Å². The highest BCUT2D eigenvalue weighted by Crippen LogP contribution is 2.35.